The number of hydrogen-bond donors (Lipinski definition) is 0. The second kappa shape index (κ2) is 9.16. The Morgan fingerprint density at radius 3 is 2.55 bits per heavy atom. The van der Waals surface area contributed by atoms with Crippen molar-refractivity contribution >= 4 is 44.5 Å². The number of nitrogens with zero attached hydrogens (tertiary/aromatic N) is 2. The number of fused-ring (bicyclic) bond motifs is 1. The van der Waals surface area contributed by atoms with Gasteiger partial charge in [0.2, 0.25) is 0 Å². The van der Waals surface area contributed by atoms with Gasteiger partial charge in [0, 0.05) is 22.4 Å². The molecule has 0 atom stereocenters. The first-order valence-corrected chi connectivity index (χ1v) is 11.4. The van der Waals surface area contributed by atoms with E-state index in [1.807, 2.05) is 30.3 Å². The maximum atomic E-state index is 6.55. The van der Waals surface area contributed by atoms with Gasteiger partial charge < -0.3 is 14.4 Å². The van der Waals surface area contributed by atoms with Crippen LogP contribution in [-0.2, 0) is 0 Å². The van der Waals surface area contributed by atoms with Crippen LogP contribution in [0.5, 0.6) is 11.5 Å². The Kier molecular flexibility index (Phi) is 6.35. The molecule has 0 saturated carbocycles. The van der Waals surface area contributed by atoms with Crippen molar-refractivity contribution in [2.45, 2.75) is 20.3 Å². The zero-order valence-corrected chi connectivity index (χ0v) is 19.7. The molecule has 0 saturated heterocycles. The average molecular weight is 453 g/mol. The molecule has 4 rings (SSSR count). The lowest BCUT2D eigenvalue weighted by atomic mass is 10.1. The molecule has 0 spiro atoms. The fraction of sp³-hybridized carbons (Fsp3) is 0.240. The number of benzene rings is 3. The van der Waals surface area contributed by atoms with Crippen LogP contribution in [0.4, 0.5) is 10.8 Å². The van der Waals surface area contributed by atoms with Crippen molar-refractivity contribution in [3.05, 3.63) is 64.5 Å². The van der Waals surface area contributed by atoms with Crippen LogP contribution in [0.1, 0.15) is 18.2 Å². The molecule has 0 radical (unpaired) electrons. The second-order valence-corrected chi connectivity index (χ2v) is 8.83. The summed E-state index contributed by atoms with van der Waals surface area (Å²) in [7, 11) is 3.36. The summed E-state index contributed by atoms with van der Waals surface area (Å²) in [6, 6.07) is 18.2. The van der Waals surface area contributed by atoms with E-state index in [9.17, 15) is 0 Å². The fourth-order valence-corrected chi connectivity index (χ4v) is 4.99. The topological polar surface area (TPSA) is 34.6 Å². The molecule has 0 aliphatic carbocycles. The van der Waals surface area contributed by atoms with Crippen molar-refractivity contribution in [3.8, 4) is 22.8 Å². The monoisotopic (exact) mass is 452 g/mol. The van der Waals surface area contributed by atoms with E-state index in [0.717, 1.165) is 62.2 Å². The quantitative estimate of drug-likeness (QED) is 0.291. The van der Waals surface area contributed by atoms with Gasteiger partial charge in [-0.05, 0) is 43.0 Å². The molecule has 4 nitrogen and oxygen atoms in total. The van der Waals surface area contributed by atoms with Gasteiger partial charge in [0.1, 0.15) is 11.5 Å². The third kappa shape index (κ3) is 4.08. The molecule has 0 N–H and O–H groups in total. The van der Waals surface area contributed by atoms with E-state index in [2.05, 4.69) is 43.0 Å². The Labute approximate surface area is 192 Å². The minimum absolute atomic E-state index is 0.629. The van der Waals surface area contributed by atoms with E-state index in [0.29, 0.717) is 5.02 Å². The minimum atomic E-state index is 0.629. The summed E-state index contributed by atoms with van der Waals surface area (Å²) in [5, 5.41) is 3.80. The molecule has 0 bridgehead atoms. The summed E-state index contributed by atoms with van der Waals surface area (Å²) in [6.07, 6.45) is 0.979. The molecule has 0 aliphatic rings. The van der Waals surface area contributed by atoms with Gasteiger partial charge in [0.15, 0.2) is 5.13 Å². The van der Waals surface area contributed by atoms with E-state index in [4.69, 9.17) is 26.1 Å². The number of aromatic nitrogens is 1. The molecule has 0 fully saturated rings. The van der Waals surface area contributed by atoms with Gasteiger partial charge in [-0.2, -0.15) is 0 Å². The number of methoxy groups -OCH3 is 2. The van der Waals surface area contributed by atoms with Gasteiger partial charge in [0.05, 0.1) is 30.6 Å². The van der Waals surface area contributed by atoms with Gasteiger partial charge in [0.25, 0.3) is 0 Å². The number of rotatable bonds is 7. The molecular weight excluding hydrogens is 428 g/mol. The normalized spacial score (nSPS) is 11.0. The highest BCUT2D eigenvalue weighted by molar-refractivity contribution is 7.16. The van der Waals surface area contributed by atoms with E-state index in [-0.39, 0.29) is 0 Å². The van der Waals surface area contributed by atoms with Crippen LogP contribution in [-0.4, -0.2) is 25.7 Å². The first kappa shape index (κ1) is 21.5. The summed E-state index contributed by atoms with van der Waals surface area (Å²) in [4.78, 5) is 8.36. The summed E-state index contributed by atoms with van der Waals surface area (Å²) in [5.74, 6) is 1.60. The lowest BCUT2D eigenvalue weighted by Gasteiger charge is -2.24. The number of aryl methyl sites for hydroxylation is 1. The zero-order valence-electron chi connectivity index (χ0n) is 18.1. The summed E-state index contributed by atoms with van der Waals surface area (Å²) in [6.45, 7) is 5.08. The van der Waals surface area contributed by atoms with Crippen molar-refractivity contribution in [3.63, 3.8) is 0 Å². The second-order valence-electron chi connectivity index (χ2n) is 7.24. The molecule has 160 valence electrons. The summed E-state index contributed by atoms with van der Waals surface area (Å²) >= 11 is 8.21. The number of ether oxygens (including phenoxy) is 2. The van der Waals surface area contributed by atoms with Gasteiger partial charge in [-0.25, -0.2) is 4.98 Å². The third-order valence-corrected chi connectivity index (χ3v) is 6.56. The number of hydrogen-bond acceptors (Lipinski definition) is 5. The molecule has 1 aromatic heterocycles. The summed E-state index contributed by atoms with van der Waals surface area (Å²) < 4.78 is 11.2. The molecule has 6 heteroatoms. The summed E-state index contributed by atoms with van der Waals surface area (Å²) in [5.41, 5.74) is 2.82. The maximum absolute atomic E-state index is 6.55. The SMILES string of the molecule is CCCN(c1nc(-c2ccc(OC)cc2Cl)c(C)s1)c1ccc2ccccc2c1OC. The zero-order chi connectivity index (χ0) is 22.0. The molecule has 4 aromatic rings. The van der Waals surface area contributed by atoms with Crippen LogP contribution in [0, 0.1) is 6.92 Å². The molecule has 0 amide bonds. The lowest BCUT2D eigenvalue weighted by molar-refractivity contribution is 0.415. The number of thiazole rings is 1. The Morgan fingerprint density at radius 1 is 1.03 bits per heavy atom. The average Bonchev–Trinajstić information content (AvgIpc) is 3.17. The maximum Gasteiger partial charge on any atom is 0.190 e. The standard InChI is InChI=1S/C25H25ClN2O2S/c1-5-14-28(22-13-10-17-8-6-7-9-19(17)24(22)30-4)25-27-23(16(2)31-25)20-12-11-18(29-3)15-21(20)26/h6-13,15H,5,14H2,1-4H3. The fourth-order valence-electron chi connectivity index (χ4n) is 3.76. The number of halogens is 1. The molecule has 3 aromatic carbocycles. The largest absolute Gasteiger partial charge is 0.497 e. The van der Waals surface area contributed by atoms with E-state index >= 15 is 0 Å². The van der Waals surface area contributed by atoms with Crippen LogP contribution in [0.2, 0.25) is 5.02 Å². The van der Waals surface area contributed by atoms with E-state index in [1.165, 1.54) is 0 Å². The van der Waals surface area contributed by atoms with Crippen molar-refractivity contribution in [2.24, 2.45) is 0 Å². The molecular formula is C25H25ClN2O2S. The minimum Gasteiger partial charge on any atom is -0.497 e. The third-order valence-electron chi connectivity index (χ3n) is 5.25. The van der Waals surface area contributed by atoms with Gasteiger partial charge in [-0.3, -0.25) is 0 Å². The van der Waals surface area contributed by atoms with Crippen LogP contribution in [0.3, 0.4) is 0 Å². The van der Waals surface area contributed by atoms with Crippen LogP contribution < -0.4 is 14.4 Å². The molecule has 0 unspecified atom stereocenters. The Balaban J connectivity index is 1.82. The predicted molar refractivity (Wildman–Crippen MR) is 132 cm³/mol. The van der Waals surface area contributed by atoms with Crippen molar-refractivity contribution in [1.29, 1.82) is 0 Å². The van der Waals surface area contributed by atoms with E-state index < -0.39 is 0 Å². The first-order chi connectivity index (χ1) is 15.1. The number of anilines is 2. The predicted octanol–water partition coefficient (Wildman–Crippen LogP) is 7.49. The highest BCUT2D eigenvalue weighted by atomic mass is 35.5. The van der Waals surface area contributed by atoms with Crippen molar-refractivity contribution < 1.29 is 9.47 Å². The van der Waals surface area contributed by atoms with Crippen LogP contribution in [0.15, 0.2) is 54.6 Å². The highest BCUT2D eigenvalue weighted by Gasteiger charge is 2.21. The smallest absolute Gasteiger partial charge is 0.190 e. The van der Waals surface area contributed by atoms with Gasteiger partial charge in [-0.1, -0.05) is 48.9 Å². The molecule has 1 heterocycles. The van der Waals surface area contributed by atoms with E-state index in [1.54, 1.807) is 25.6 Å². The lowest BCUT2D eigenvalue weighted by Crippen LogP contribution is -2.18. The Morgan fingerprint density at radius 2 is 1.84 bits per heavy atom. The molecule has 31 heavy (non-hydrogen) atoms. The van der Waals surface area contributed by atoms with Gasteiger partial charge in [-0.15, -0.1) is 11.3 Å². The van der Waals surface area contributed by atoms with Crippen LogP contribution >= 0.6 is 22.9 Å². The Hall–Kier alpha value is -2.76. The highest BCUT2D eigenvalue weighted by Crippen LogP contribution is 2.43. The van der Waals surface area contributed by atoms with Crippen molar-refractivity contribution in [2.75, 3.05) is 25.7 Å². The molecule has 0 aliphatic heterocycles. The Bertz CT molecular complexity index is 1220. The van der Waals surface area contributed by atoms with Crippen LogP contribution in [0.25, 0.3) is 22.0 Å². The van der Waals surface area contributed by atoms with Crippen molar-refractivity contribution in [1.82, 2.24) is 4.98 Å². The first-order valence-electron chi connectivity index (χ1n) is 10.2. The van der Waals surface area contributed by atoms with Gasteiger partial charge >= 0.3 is 0 Å².